The van der Waals surface area contributed by atoms with E-state index >= 15 is 0 Å². The highest BCUT2D eigenvalue weighted by atomic mass is 35.5. The van der Waals surface area contributed by atoms with Crippen LogP contribution in [0.15, 0.2) is 12.1 Å². The zero-order valence-electron chi connectivity index (χ0n) is 10.9. The van der Waals surface area contributed by atoms with Gasteiger partial charge >= 0.3 is 12.4 Å². The molecule has 2 rings (SSSR count). The second-order valence-electron chi connectivity index (χ2n) is 4.63. The monoisotopic (exact) mass is 352 g/mol. The number of piperazine rings is 1. The zero-order valence-corrected chi connectivity index (χ0v) is 11.7. The molecule has 0 spiro atoms. The fourth-order valence-corrected chi connectivity index (χ4v) is 2.23. The Morgan fingerprint density at radius 2 is 1.59 bits per heavy atom. The molecule has 0 aliphatic carbocycles. The fraction of sp³-hybridized carbons (Fsp3) is 0.500. The SMILES string of the molecule is Cl.Fc1cc(C(F)(F)F)cc(C(F)(F)F)c1[C@@H]1CNCCN1. The topological polar surface area (TPSA) is 24.1 Å². The van der Waals surface area contributed by atoms with Gasteiger partial charge in [-0.15, -0.1) is 12.4 Å². The average molecular weight is 353 g/mol. The molecule has 1 atom stereocenters. The average Bonchev–Trinajstić information content (AvgIpc) is 2.36. The van der Waals surface area contributed by atoms with Gasteiger partial charge in [-0.3, -0.25) is 0 Å². The molecule has 2 nitrogen and oxygen atoms in total. The number of benzene rings is 1. The highest BCUT2D eigenvalue weighted by Gasteiger charge is 2.41. The van der Waals surface area contributed by atoms with Gasteiger partial charge in [0.05, 0.1) is 11.1 Å². The summed E-state index contributed by atoms with van der Waals surface area (Å²) >= 11 is 0. The normalized spacial score (nSPS) is 19.7. The molecule has 22 heavy (non-hydrogen) atoms. The Labute approximate surface area is 127 Å². The van der Waals surface area contributed by atoms with Gasteiger partial charge in [0.25, 0.3) is 0 Å². The van der Waals surface area contributed by atoms with Crippen molar-refractivity contribution in [1.82, 2.24) is 10.6 Å². The van der Waals surface area contributed by atoms with Crippen molar-refractivity contribution in [3.8, 4) is 0 Å². The molecule has 1 heterocycles. The summed E-state index contributed by atoms with van der Waals surface area (Å²) in [6, 6.07) is -0.979. The van der Waals surface area contributed by atoms with Crippen LogP contribution >= 0.6 is 12.4 Å². The first-order chi connectivity index (χ1) is 9.60. The first-order valence-electron chi connectivity index (χ1n) is 6.02. The van der Waals surface area contributed by atoms with Crippen molar-refractivity contribution in [1.29, 1.82) is 0 Å². The molecule has 0 bridgehead atoms. The molecular weight excluding hydrogens is 341 g/mol. The van der Waals surface area contributed by atoms with Crippen molar-refractivity contribution < 1.29 is 30.7 Å². The van der Waals surface area contributed by atoms with Crippen LogP contribution in [0.3, 0.4) is 0 Å². The molecular formula is C12H12ClF7N2. The van der Waals surface area contributed by atoms with E-state index in [4.69, 9.17) is 0 Å². The van der Waals surface area contributed by atoms with Crippen LogP contribution < -0.4 is 10.6 Å². The lowest BCUT2D eigenvalue weighted by Crippen LogP contribution is -2.43. The molecule has 2 N–H and O–H groups in total. The van der Waals surface area contributed by atoms with Crippen molar-refractivity contribution >= 4 is 12.4 Å². The number of nitrogens with one attached hydrogen (secondary N) is 2. The summed E-state index contributed by atoms with van der Waals surface area (Å²) in [4.78, 5) is 0. The third-order valence-corrected chi connectivity index (χ3v) is 3.15. The van der Waals surface area contributed by atoms with Crippen LogP contribution in [-0.2, 0) is 12.4 Å². The highest BCUT2D eigenvalue weighted by Crippen LogP contribution is 2.40. The third-order valence-electron chi connectivity index (χ3n) is 3.15. The van der Waals surface area contributed by atoms with Gasteiger partial charge in [0.1, 0.15) is 5.82 Å². The number of rotatable bonds is 1. The van der Waals surface area contributed by atoms with Gasteiger partial charge in [-0.25, -0.2) is 4.39 Å². The highest BCUT2D eigenvalue weighted by molar-refractivity contribution is 5.85. The minimum atomic E-state index is -5.07. The van der Waals surface area contributed by atoms with Crippen molar-refractivity contribution in [2.75, 3.05) is 19.6 Å². The predicted octanol–water partition coefficient (Wildman–Crippen LogP) is 3.52. The lowest BCUT2D eigenvalue weighted by Gasteiger charge is -2.28. The number of alkyl halides is 6. The van der Waals surface area contributed by atoms with E-state index in [2.05, 4.69) is 10.6 Å². The molecule has 126 valence electrons. The molecule has 1 fully saturated rings. The molecule has 10 heteroatoms. The van der Waals surface area contributed by atoms with E-state index in [1.165, 1.54) is 0 Å². The molecule has 0 radical (unpaired) electrons. The third kappa shape index (κ3) is 4.02. The summed E-state index contributed by atoms with van der Waals surface area (Å²) in [6.45, 7) is 0.786. The molecule has 1 aromatic carbocycles. The molecule has 1 saturated heterocycles. The summed E-state index contributed by atoms with van der Waals surface area (Å²) < 4.78 is 90.4. The van der Waals surface area contributed by atoms with Crippen LogP contribution in [0.1, 0.15) is 22.7 Å². The maximum absolute atomic E-state index is 13.9. The molecule has 0 aromatic heterocycles. The maximum Gasteiger partial charge on any atom is 0.416 e. The fourth-order valence-electron chi connectivity index (χ4n) is 2.23. The number of halogens is 8. The van der Waals surface area contributed by atoms with Crippen molar-refractivity contribution in [3.63, 3.8) is 0 Å². The van der Waals surface area contributed by atoms with Gasteiger partial charge in [-0.1, -0.05) is 0 Å². The summed E-state index contributed by atoms with van der Waals surface area (Å²) in [7, 11) is 0. The van der Waals surface area contributed by atoms with Gasteiger partial charge in [-0.2, -0.15) is 26.3 Å². The second kappa shape index (κ2) is 6.59. The van der Waals surface area contributed by atoms with E-state index in [1.807, 2.05) is 0 Å². The van der Waals surface area contributed by atoms with Crippen LogP contribution in [0.2, 0.25) is 0 Å². The maximum atomic E-state index is 13.9. The molecule has 0 unspecified atom stereocenters. The van der Waals surface area contributed by atoms with E-state index in [9.17, 15) is 30.7 Å². The van der Waals surface area contributed by atoms with Gasteiger partial charge < -0.3 is 10.6 Å². The smallest absolute Gasteiger partial charge is 0.314 e. The molecule has 1 aliphatic heterocycles. The zero-order chi connectivity index (χ0) is 15.8. The Morgan fingerprint density at radius 1 is 0.955 bits per heavy atom. The van der Waals surface area contributed by atoms with Crippen LogP contribution in [0.4, 0.5) is 30.7 Å². The summed E-state index contributed by atoms with van der Waals surface area (Å²) in [6.07, 6.45) is -10.1. The van der Waals surface area contributed by atoms with E-state index in [1.54, 1.807) is 0 Å². The van der Waals surface area contributed by atoms with E-state index in [0.29, 0.717) is 13.1 Å². The quantitative estimate of drug-likeness (QED) is 0.756. The largest absolute Gasteiger partial charge is 0.416 e. The van der Waals surface area contributed by atoms with Crippen molar-refractivity contribution in [2.24, 2.45) is 0 Å². The Morgan fingerprint density at radius 3 is 2.05 bits per heavy atom. The minimum absolute atomic E-state index is 0. The summed E-state index contributed by atoms with van der Waals surface area (Å²) in [5.74, 6) is -1.52. The first kappa shape index (κ1) is 19.0. The Balaban J connectivity index is 0.00000242. The number of hydrogen-bond acceptors (Lipinski definition) is 2. The molecule has 0 amide bonds. The van der Waals surface area contributed by atoms with E-state index < -0.39 is 40.9 Å². The van der Waals surface area contributed by atoms with E-state index in [-0.39, 0.29) is 31.1 Å². The lowest BCUT2D eigenvalue weighted by atomic mass is 9.95. The number of hydrogen-bond donors (Lipinski definition) is 2. The van der Waals surface area contributed by atoms with Gasteiger partial charge in [0, 0.05) is 31.2 Å². The van der Waals surface area contributed by atoms with Gasteiger partial charge in [-0.05, 0) is 12.1 Å². The van der Waals surface area contributed by atoms with Crippen LogP contribution in [0.25, 0.3) is 0 Å². The van der Waals surface area contributed by atoms with Crippen LogP contribution in [0, 0.1) is 5.82 Å². The lowest BCUT2D eigenvalue weighted by molar-refractivity contribution is -0.144. The van der Waals surface area contributed by atoms with Gasteiger partial charge in [0.2, 0.25) is 0 Å². The Kier molecular flexibility index (Phi) is 5.69. The first-order valence-corrected chi connectivity index (χ1v) is 6.02. The van der Waals surface area contributed by atoms with E-state index in [0.717, 1.165) is 0 Å². The summed E-state index contributed by atoms with van der Waals surface area (Å²) in [5, 5.41) is 5.43. The molecule has 0 saturated carbocycles. The van der Waals surface area contributed by atoms with Gasteiger partial charge in [0.15, 0.2) is 0 Å². The van der Waals surface area contributed by atoms with Crippen molar-refractivity contribution in [3.05, 3.63) is 34.6 Å². The Bertz CT molecular complexity index is 521. The van der Waals surface area contributed by atoms with Crippen LogP contribution in [-0.4, -0.2) is 19.6 Å². The predicted molar refractivity (Wildman–Crippen MR) is 67.3 cm³/mol. The second-order valence-corrected chi connectivity index (χ2v) is 4.63. The van der Waals surface area contributed by atoms with Crippen molar-refractivity contribution in [2.45, 2.75) is 18.4 Å². The standard InChI is InChI=1S/C12H11F7N2.ClH/c13-8-4-6(11(14,15)16)3-7(12(17,18)19)10(8)9-5-20-1-2-21-9;/h3-4,9,20-21H,1-2,5H2;1H/t9-;/m0./s1. The minimum Gasteiger partial charge on any atom is -0.314 e. The molecule has 1 aliphatic rings. The molecule has 1 aromatic rings. The van der Waals surface area contributed by atoms with Crippen LogP contribution in [0.5, 0.6) is 0 Å². The summed E-state index contributed by atoms with van der Waals surface area (Å²) in [5.41, 5.74) is -4.04. The Hall–Kier alpha value is -1.06.